The SMILES string of the molecule is CC(C)O[C@@H]1CCN(C(=O)CO)C1. The first-order chi connectivity index (χ1) is 6.13. The molecule has 1 aliphatic rings. The molecule has 1 rings (SSSR count). The van der Waals surface area contributed by atoms with Crippen LogP contribution in [0.4, 0.5) is 0 Å². The Morgan fingerprint density at radius 2 is 2.38 bits per heavy atom. The molecule has 0 saturated carbocycles. The third kappa shape index (κ3) is 2.97. The fourth-order valence-corrected chi connectivity index (χ4v) is 1.55. The van der Waals surface area contributed by atoms with Crippen molar-refractivity contribution in [3.63, 3.8) is 0 Å². The molecule has 1 N–H and O–H groups in total. The lowest BCUT2D eigenvalue weighted by atomic mass is 10.3. The predicted octanol–water partition coefficient (Wildman–Crippen LogP) is 0.00460. The molecule has 0 aromatic rings. The van der Waals surface area contributed by atoms with Gasteiger partial charge < -0.3 is 14.7 Å². The van der Waals surface area contributed by atoms with Crippen LogP contribution in [-0.4, -0.2) is 47.8 Å². The first kappa shape index (κ1) is 10.5. The molecule has 0 aliphatic carbocycles. The molecule has 1 heterocycles. The van der Waals surface area contributed by atoms with Crippen molar-refractivity contribution in [1.29, 1.82) is 0 Å². The van der Waals surface area contributed by atoms with Gasteiger partial charge in [0.1, 0.15) is 6.61 Å². The van der Waals surface area contributed by atoms with Crippen LogP contribution in [0.1, 0.15) is 20.3 Å². The van der Waals surface area contributed by atoms with Crippen LogP contribution in [0, 0.1) is 0 Å². The highest BCUT2D eigenvalue weighted by Gasteiger charge is 2.26. The lowest BCUT2D eigenvalue weighted by Crippen LogP contribution is -2.32. The van der Waals surface area contributed by atoms with Crippen LogP contribution < -0.4 is 0 Å². The van der Waals surface area contributed by atoms with Gasteiger partial charge in [-0.05, 0) is 20.3 Å². The molecule has 1 aliphatic heterocycles. The second-order valence-electron chi connectivity index (χ2n) is 3.59. The van der Waals surface area contributed by atoms with Crippen molar-refractivity contribution in [3.8, 4) is 0 Å². The van der Waals surface area contributed by atoms with Gasteiger partial charge in [-0.3, -0.25) is 4.79 Å². The van der Waals surface area contributed by atoms with E-state index in [4.69, 9.17) is 9.84 Å². The minimum atomic E-state index is -0.394. The number of aliphatic hydroxyl groups is 1. The standard InChI is InChI=1S/C9H17NO3/c1-7(2)13-8-3-4-10(5-8)9(12)6-11/h7-8,11H,3-6H2,1-2H3/t8-/m1/s1. The average Bonchev–Trinajstić information content (AvgIpc) is 2.50. The molecule has 76 valence electrons. The molecule has 0 unspecified atom stereocenters. The Hall–Kier alpha value is -0.610. The van der Waals surface area contributed by atoms with Gasteiger partial charge in [-0.1, -0.05) is 0 Å². The molecular weight excluding hydrogens is 170 g/mol. The van der Waals surface area contributed by atoms with E-state index in [0.717, 1.165) is 6.42 Å². The zero-order valence-corrected chi connectivity index (χ0v) is 8.19. The summed E-state index contributed by atoms with van der Waals surface area (Å²) in [4.78, 5) is 12.7. The van der Waals surface area contributed by atoms with Crippen molar-refractivity contribution in [3.05, 3.63) is 0 Å². The molecule has 0 spiro atoms. The quantitative estimate of drug-likeness (QED) is 0.677. The van der Waals surface area contributed by atoms with E-state index in [9.17, 15) is 4.79 Å². The molecule has 0 radical (unpaired) electrons. The van der Waals surface area contributed by atoms with Crippen molar-refractivity contribution in [2.75, 3.05) is 19.7 Å². The molecule has 1 saturated heterocycles. The van der Waals surface area contributed by atoms with E-state index < -0.39 is 6.61 Å². The van der Waals surface area contributed by atoms with E-state index >= 15 is 0 Å². The third-order valence-corrected chi connectivity index (χ3v) is 2.10. The van der Waals surface area contributed by atoms with E-state index in [-0.39, 0.29) is 18.1 Å². The zero-order valence-electron chi connectivity index (χ0n) is 8.19. The van der Waals surface area contributed by atoms with Crippen molar-refractivity contribution in [2.45, 2.75) is 32.5 Å². The smallest absolute Gasteiger partial charge is 0.248 e. The number of carbonyl (C=O) groups is 1. The molecule has 0 bridgehead atoms. The van der Waals surface area contributed by atoms with Crippen LogP contribution in [0.25, 0.3) is 0 Å². The second kappa shape index (κ2) is 4.58. The predicted molar refractivity (Wildman–Crippen MR) is 48.3 cm³/mol. The summed E-state index contributed by atoms with van der Waals surface area (Å²) in [6, 6.07) is 0. The summed E-state index contributed by atoms with van der Waals surface area (Å²) in [5.41, 5.74) is 0. The summed E-state index contributed by atoms with van der Waals surface area (Å²) in [6.45, 7) is 4.90. The lowest BCUT2D eigenvalue weighted by Gasteiger charge is -2.16. The first-order valence-electron chi connectivity index (χ1n) is 4.67. The highest BCUT2D eigenvalue weighted by molar-refractivity contribution is 5.77. The number of hydrogen-bond acceptors (Lipinski definition) is 3. The number of nitrogens with zero attached hydrogens (tertiary/aromatic N) is 1. The Labute approximate surface area is 78.5 Å². The molecule has 4 nitrogen and oxygen atoms in total. The average molecular weight is 187 g/mol. The summed E-state index contributed by atoms with van der Waals surface area (Å²) in [6.07, 6.45) is 1.23. The number of likely N-dealkylation sites (tertiary alicyclic amines) is 1. The fraction of sp³-hybridized carbons (Fsp3) is 0.889. The summed E-state index contributed by atoms with van der Waals surface area (Å²) in [7, 11) is 0. The van der Waals surface area contributed by atoms with Gasteiger partial charge in [0.2, 0.25) is 5.91 Å². The number of carbonyl (C=O) groups excluding carboxylic acids is 1. The Morgan fingerprint density at radius 1 is 1.69 bits per heavy atom. The Bertz CT molecular complexity index is 182. The van der Waals surface area contributed by atoms with Crippen LogP contribution in [0.3, 0.4) is 0 Å². The summed E-state index contributed by atoms with van der Waals surface area (Å²) in [5, 5.41) is 8.63. The number of rotatable bonds is 3. The van der Waals surface area contributed by atoms with Gasteiger partial charge >= 0.3 is 0 Å². The maximum absolute atomic E-state index is 11.1. The van der Waals surface area contributed by atoms with E-state index in [2.05, 4.69) is 0 Å². The number of amides is 1. The number of aliphatic hydroxyl groups excluding tert-OH is 1. The van der Waals surface area contributed by atoms with Gasteiger partial charge in [0, 0.05) is 13.1 Å². The maximum atomic E-state index is 11.1. The minimum Gasteiger partial charge on any atom is -0.387 e. The van der Waals surface area contributed by atoms with Crippen LogP contribution in [0.2, 0.25) is 0 Å². The van der Waals surface area contributed by atoms with Crippen LogP contribution in [0.5, 0.6) is 0 Å². The van der Waals surface area contributed by atoms with E-state index in [1.54, 1.807) is 4.90 Å². The molecule has 1 fully saturated rings. The highest BCUT2D eigenvalue weighted by Crippen LogP contribution is 2.14. The molecule has 0 aromatic carbocycles. The highest BCUT2D eigenvalue weighted by atomic mass is 16.5. The fourth-order valence-electron chi connectivity index (χ4n) is 1.55. The Morgan fingerprint density at radius 3 is 2.92 bits per heavy atom. The van der Waals surface area contributed by atoms with Crippen LogP contribution in [0.15, 0.2) is 0 Å². The molecule has 0 aromatic heterocycles. The van der Waals surface area contributed by atoms with Crippen molar-refractivity contribution in [1.82, 2.24) is 4.90 Å². The Balaban J connectivity index is 2.32. The molecule has 1 atom stereocenters. The zero-order chi connectivity index (χ0) is 9.84. The summed E-state index contributed by atoms with van der Waals surface area (Å²) in [5.74, 6) is -0.199. The van der Waals surface area contributed by atoms with Crippen molar-refractivity contribution in [2.24, 2.45) is 0 Å². The van der Waals surface area contributed by atoms with Crippen LogP contribution in [-0.2, 0) is 9.53 Å². The van der Waals surface area contributed by atoms with Gasteiger partial charge in [-0.2, -0.15) is 0 Å². The molecule has 1 amide bonds. The monoisotopic (exact) mass is 187 g/mol. The second-order valence-corrected chi connectivity index (χ2v) is 3.59. The van der Waals surface area contributed by atoms with Crippen molar-refractivity contribution >= 4 is 5.91 Å². The van der Waals surface area contributed by atoms with Gasteiger partial charge in [-0.25, -0.2) is 0 Å². The largest absolute Gasteiger partial charge is 0.387 e. The molecule has 13 heavy (non-hydrogen) atoms. The third-order valence-electron chi connectivity index (χ3n) is 2.10. The van der Waals surface area contributed by atoms with E-state index in [1.807, 2.05) is 13.8 Å². The molecule has 4 heteroatoms. The minimum absolute atomic E-state index is 0.149. The first-order valence-corrected chi connectivity index (χ1v) is 4.67. The van der Waals surface area contributed by atoms with Gasteiger partial charge in [0.25, 0.3) is 0 Å². The number of ether oxygens (including phenoxy) is 1. The van der Waals surface area contributed by atoms with E-state index in [1.165, 1.54) is 0 Å². The van der Waals surface area contributed by atoms with Crippen molar-refractivity contribution < 1.29 is 14.6 Å². The lowest BCUT2D eigenvalue weighted by molar-refractivity contribution is -0.133. The number of hydrogen-bond donors (Lipinski definition) is 1. The summed E-state index contributed by atoms with van der Waals surface area (Å²) < 4.78 is 5.56. The normalized spacial score (nSPS) is 22.8. The Kier molecular flexibility index (Phi) is 3.69. The summed E-state index contributed by atoms with van der Waals surface area (Å²) >= 11 is 0. The van der Waals surface area contributed by atoms with Gasteiger partial charge in [0.15, 0.2) is 0 Å². The van der Waals surface area contributed by atoms with Gasteiger partial charge in [-0.15, -0.1) is 0 Å². The van der Waals surface area contributed by atoms with Gasteiger partial charge in [0.05, 0.1) is 12.2 Å². The topological polar surface area (TPSA) is 49.8 Å². The maximum Gasteiger partial charge on any atom is 0.248 e. The molecular formula is C9H17NO3. The van der Waals surface area contributed by atoms with E-state index in [0.29, 0.717) is 13.1 Å². The van der Waals surface area contributed by atoms with Crippen LogP contribution >= 0.6 is 0 Å².